The van der Waals surface area contributed by atoms with E-state index in [-0.39, 0.29) is 17.4 Å². The molecule has 0 bridgehead atoms. The number of hydrogen-bond donors (Lipinski definition) is 0. The molecule has 4 unspecified atom stereocenters. The lowest BCUT2D eigenvalue weighted by atomic mass is 9.60. The number of unbranched alkanes of at least 4 members (excludes halogenated alkanes) is 3. The first kappa shape index (κ1) is 27.3. The van der Waals surface area contributed by atoms with Gasteiger partial charge < -0.3 is 9.47 Å². The van der Waals surface area contributed by atoms with Crippen molar-refractivity contribution in [1.29, 1.82) is 0 Å². The zero-order valence-electron chi connectivity index (χ0n) is 21.7. The van der Waals surface area contributed by atoms with E-state index >= 15 is 0 Å². The lowest BCUT2D eigenvalue weighted by molar-refractivity contribution is -0.140. The fourth-order valence-corrected chi connectivity index (χ4v) is 7.33. The maximum Gasteiger partial charge on any atom is 0.387 e. The molecule has 36 heavy (non-hydrogen) atoms. The Hall–Kier alpha value is -1.72. The minimum atomic E-state index is -3.03. The smallest absolute Gasteiger partial charge is 0.387 e. The average Bonchev–Trinajstić information content (AvgIpc) is 2.87. The SMILES string of the molecule is CCCCCCC1CCC2CC(C3CCC(C(=O)Oc4ccc(OC(F)F)cc4F)CC3)CCC2C1. The number of carbonyl (C=O) groups excluding carboxylic acids is 1. The van der Waals surface area contributed by atoms with E-state index in [0.717, 1.165) is 55.4 Å². The van der Waals surface area contributed by atoms with Gasteiger partial charge in [0, 0.05) is 6.07 Å². The molecular weight excluding hydrogens is 465 g/mol. The van der Waals surface area contributed by atoms with E-state index in [9.17, 15) is 18.0 Å². The van der Waals surface area contributed by atoms with Crippen LogP contribution in [0.25, 0.3) is 0 Å². The quantitative estimate of drug-likeness (QED) is 0.180. The second-order valence-electron chi connectivity index (χ2n) is 11.6. The highest BCUT2D eigenvalue weighted by Gasteiger charge is 2.39. The van der Waals surface area contributed by atoms with Crippen LogP contribution in [0.4, 0.5) is 13.2 Å². The van der Waals surface area contributed by atoms with Gasteiger partial charge in [0.25, 0.3) is 0 Å². The molecule has 0 radical (unpaired) electrons. The predicted molar refractivity (Wildman–Crippen MR) is 135 cm³/mol. The van der Waals surface area contributed by atoms with Gasteiger partial charge in [-0.15, -0.1) is 0 Å². The summed E-state index contributed by atoms with van der Waals surface area (Å²) in [7, 11) is 0. The Labute approximate surface area is 214 Å². The summed E-state index contributed by atoms with van der Waals surface area (Å²) in [5.74, 6) is 2.22. The largest absolute Gasteiger partial charge is 0.435 e. The zero-order chi connectivity index (χ0) is 25.5. The third-order valence-electron chi connectivity index (χ3n) is 9.34. The Balaban J connectivity index is 1.19. The second kappa shape index (κ2) is 13.2. The molecule has 0 heterocycles. The molecule has 0 saturated heterocycles. The van der Waals surface area contributed by atoms with Gasteiger partial charge in [0.1, 0.15) is 5.75 Å². The van der Waals surface area contributed by atoms with Gasteiger partial charge in [0.2, 0.25) is 0 Å². The van der Waals surface area contributed by atoms with E-state index in [1.54, 1.807) is 0 Å². The molecule has 3 fully saturated rings. The maximum absolute atomic E-state index is 14.2. The highest BCUT2D eigenvalue weighted by molar-refractivity contribution is 5.75. The van der Waals surface area contributed by atoms with Crippen molar-refractivity contribution in [2.45, 2.75) is 110 Å². The monoisotopic (exact) mass is 508 g/mol. The zero-order valence-corrected chi connectivity index (χ0v) is 21.7. The molecule has 6 heteroatoms. The van der Waals surface area contributed by atoms with Crippen LogP contribution in [0.3, 0.4) is 0 Å². The van der Waals surface area contributed by atoms with Crippen molar-refractivity contribution in [2.24, 2.45) is 35.5 Å². The van der Waals surface area contributed by atoms with Crippen molar-refractivity contribution >= 4 is 5.97 Å². The number of esters is 1. The second-order valence-corrected chi connectivity index (χ2v) is 11.6. The molecule has 3 aliphatic carbocycles. The summed E-state index contributed by atoms with van der Waals surface area (Å²) < 4.78 is 48.3. The molecule has 3 nitrogen and oxygen atoms in total. The van der Waals surface area contributed by atoms with Gasteiger partial charge >= 0.3 is 12.6 Å². The summed E-state index contributed by atoms with van der Waals surface area (Å²) in [6.45, 7) is -0.750. The Morgan fingerprint density at radius 2 is 1.56 bits per heavy atom. The maximum atomic E-state index is 14.2. The lowest BCUT2D eigenvalue weighted by Gasteiger charge is -2.45. The number of halogens is 3. The lowest BCUT2D eigenvalue weighted by Crippen LogP contribution is -2.35. The number of hydrogen-bond acceptors (Lipinski definition) is 3. The van der Waals surface area contributed by atoms with E-state index in [2.05, 4.69) is 11.7 Å². The van der Waals surface area contributed by atoms with Gasteiger partial charge in [-0.2, -0.15) is 8.78 Å². The molecule has 0 amide bonds. The molecule has 0 aromatic heterocycles. The number of alkyl halides is 2. The van der Waals surface area contributed by atoms with Crippen molar-refractivity contribution < 1.29 is 27.4 Å². The van der Waals surface area contributed by atoms with Gasteiger partial charge in [0.15, 0.2) is 11.6 Å². The Morgan fingerprint density at radius 1 is 0.889 bits per heavy atom. The summed E-state index contributed by atoms with van der Waals surface area (Å²) in [5, 5.41) is 0. The standard InChI is InChI=1S/C30H43F3O3/c1-2-3-4-5-6-20-7-8-25-18-24(14-13-23(25)17-20)21-9-11-22(12-10-21)29(34)36-28-16-15-26(19-27(28)31)35-30(32)33/h15-16,19-25,30H,2-14,17-18H2,1H3. The molecular formula is C30H43F3O3. The number of fused-ring (bicyclic) bond motifs is 1. The van der Waals surface area contributed by atoms with Crippen LogP contribution in [0, 0.1) is 41.3 Å². The number of rotatable bonds is 10. The van der Waals surface area contributed by atoms with E-state index < -0.39 is 18.4 Å². The average molecular weight is 509 g/mol. The molecule has 0 aliphatic heterocycles. The molecule has 4 rings (SSSR count). The third-order valence-corrected chi connectivity index (χ3v) is 9.34. The van der Waals surface area contributed by atoms with E-state index in [1.165, 1.54) is 82.8 Å². The first-order valence-electron chi connectivity index (χ1n) is 14.4. The van der Waals surface area contributed by atoms with E-state index in [4.69, 9.17) is 4.74 Å². The van der Waals surface area contributed by atoms with Gasteiger partial charge in [-0.1, -0.05) is 45.4 Å². The summed E-state index contributed by atoms with van der Waals surface area (Å²) in [4.78, 5) is 12.7. The van der Waals surface area contributed by atoms with Crippen LogP contribution in [0.5, 0.6) is 11.5 Å². The molecule has 0 spiro atoms. The highest BCUT2D eigenvalue weighted by atomic mass is 19.3. The third kappa shape index (κ3) is 7.41. The number of carbonyl (C=O) groups is 1. The Kier molecular flexibility index (Phi) is 10.0. The summed E-state index contributed by atoms with van der Waals surface area (Å²) in [6, 6.07) is 3.18. The minimum Gasteiger partial charge on any atom is -0.435 e. The van der Waals surface area contributed by atoms with Crippen LogP contribution < -0.4 is 9.47 Å². The summed E-state index contributed by atoms with van der Waals surface area (Å²) >= 11 is 0. The van der Waals surface area contributed by atoms with Crippen molar-refractivity contribution in [3.63, 3.8) is 0 Å². The van der Waals surface area contributed by atoms with E-state index in [1.807, 2.05) is 0 Å². The van der Waals surface area contributed by atoms with Crippen LogP contribution in [0.15, 0.2) is 18.2 Å². The number of benzene rings is 1. The molecule has 1 aromatic rings. The van der Waals surface area contributed by atoms with Crippen LogP contribution in [0.2, 0.25) is 0 Å². The first-order chi connectivity index (χ1) is 17.4. The molecule has 202 valence electrons. The topological polar surface area (TPSA) is 35.5 Å². The molecule has 1 aromatic carbocycles. The predicted octanol–water partition coefficient (Wildman–Crippen LogP) is 8.94. The van der Waals surface area contributed by atoms with Gasteiger partial charge in [-0.3, -0.25) is 4.79 Å². The van der Waals surface area contributed by atoms with Crippen LogP contribution in [-0.4, -0.2) is 12.6 Å². The molecule has 0 N–H and O–H groups in total. The van der Waals surface area contributed by atoms with Gasteiger partial charge in [-0.25, -0.2) is 4.39 Å². The van der Waals surface area contributed by atoms with Crippen LogP contribution in [-0.2, 0) is 4.79 Å². The molecule has 3 saturated carbocycles. The van der Waals surface area contributed by atoms with Crippen LogP contribution >= 0.6 is 0 Å². The van der Waals surface area contributed by atoms with Crippen molar-refractivity contribution in [1.82, 2.24) is 0 Å². The summed E-state index contributed by atoms with van der Waals surface area (Å²) in [6.07, 6.45) is 18.9. The van der Waals surface area contributed by atoms with Gasteiger partial charge in [0.05, 0.1) is 5.92 Å². The van der Waals surface area contributed by atoms with Crippen LogP contribution in [0.1, 0.15) is 103 Å². The van der Waals surface area contributed by atoms with Crippen molar-refractivity contribution in [3.05, 3.63) is 24.0 Å². The number of ether oxygens (including phenoxy) is 2. The van der Waals surface area contributed by atoms with Gasteiger partial charge in [-0.05, 0) is 99.5 Å². The van der Waals surface area contributed by atoms with Crippen molar-refractivity contribution in [3.8, 4) is 11.5 Å². The highest BCUT2D eigenvalue weighted by Crippen LogP contribution is 2.49. The Morgan fingerprint density at radius 3 is 2.25 bits per heavy atom. The molecule has 3 aliphatic rings. The summed E-state index contributed by atoms with van der Waals surface area (Å²) in [5.41, 5.74) is 0. The van der Waals surface area contributed by atoms with Crippen molar-refractivity contribution in [2.75, 3.05) is 0 Å². The van der Waals surface area contributed by atoms with E-state index in [0.29, 0.717) is 5.92 Å². The fraction of sp³-hybridized carbons (Fsp3) is 0.767. The normalized spacial score (nSPS) is 30.6. The minimum absolute atomic E-state index is 0.225. The molecule has 4 atom stereocenters. The first-order valence-corrected chi connectivity index (χ1v) is 14.4. The fourth-order valence-electron chi connectivity index (χ4n) is 7.33. The Bertz CT molecular complexity index is 837.